The highest BCUT2D eigenvalue weighted by Gasteiger charge is 2.04. The second-order valence-corrected chi connectivity index (χ2v) is 3.72. The Morgan fingerprint density at radius 2 is 2.23 bits per heavy atom. The maximum absolute atomic E-state index is 4.27. The lowest BCUT2D eigenvalue weighted by molar-refractivity contribution is 1.23. The van der Waals surface area contributed by atoms with Crippen molar-refractivity contribution in [1.82, 2.24) is 15.0 Å². The van der Waals surface area contributed by atoms with E-state index in [1.807, 2.05) is 18.3 Å². The molecule has 0 N–H and O–H groups in total. The molecular formula is C9H5N3S. The zero-order chi connectivity index (χ0) is 8.67. The van der Waals surface area contributed by atoms with Gasteiger partial charge in [0, 0.05) is 17.8 Å². The van der Waals surface area contributed by atoms with Crippen molar-refractivity contribution in [2.75, 3.05) is 0 Å². The largest absolute Gasteiger partial charge is 0.245 e. The molecule has 0 aliphatic rings. The quantitative estimate of drug-likeness (QED) is 0.541. The first-order chi connectivity index (χ1) is 6.45. The smallest absolute Gasteiger partial charge is 0.126 e. The summed E-state index contributed by atoms with van der Waals surface area (Å²) in [4.78, 5) is 13.5. The lowest BCUT2D eigenvalue weighted by Crippen LogP contribution is -1.75. The summed E-state index contributed by atoms with van der Waals surface area (Å²) in [5.41, 5.74) is 1.00. The van der Waals surface area contributed by atoms with E-state index in [0.29, 0.717) is 0 Å². The van der Waals surface area contributed by atoms with Crippen LogP contribution in [0.15, 0.2) is 30.9 Å². The third-order valence-electron chi connectivity index (χ3n) is 1.91. The monoisotopic (exact) mass is 187 g/mol. The molecule has 4 heteroatoms. The van der Waals surface area contributed by atoms with Crippen molar-refractivity contribution in [3.63, 3.8) is 0 Å². The number of rotatable bonds is 0. The van der Waals surface area contributed by atoms with Gasteiger partial charge >= 0.3 is 0 Å². The average molecular weight is 187 g/mol. The van der Waals surface area contributed by atoms with Crippen LogP contribution in [0.5, 0.6) is 0 Å². The molecule has 3 nitrogen and oxygen atoms in total. The summed E-state index contributed by atoms with van der Waals surface area (Å²) in [6, 6.07) is 3.96. The Morgan fingerprint density at radius 3 is 3.23 bits per heavy atom. The van der Waals surface area contributed by atoms with Gasteiger partial charge in [0.1, 0.15) is 11.2 Å². The normalized spacial score (nSPS) is 11.1. The summed E-state index contributed by atoms with van der Waals surface area (Å²) in [6.45, 7) is 0. The van der Waals surface area contributed by atoms with Crippen LogP contribution >= 0.6 is 11.3 Å². The number of nitrogens with zero attached hydrogens (tertiary/aromatic N) is 3. The Bertz CT molecular complexity index is 523. The van der Waals surface area contributed by atoms with Gasteiger partial charge in [0.2, 0.25) is 0 Å². The lowest BCUT2D eigenvalue weighted by Gasteiger charge is -1.86. The SMILES string of the molecule is c1cnc2sc3cncnc3c2c1. The highest BCUT2D eigenvalue weighted by atomic mass is 32.1. The molecule has 0 saturated heterocycles. The zero-order valence-electron chi connectivity index (χ0n) is 6.64. The number of thiophene rings is 1. The Balaban J connectivity index is 2.64. The fourth-order valence-electron chi connectivity index (χ4n) is 1.35. The van der Waals surface area contributed by atoms with Gasteiger partial charge < -0.3 is 0 Å². The van der Waals surface area contributed by atoms with E-state index in [9.17, 15) is 0 Å². The van der Waals surface area contributed by atoms with Crippen LogP contribution < -0.4 is 0 Å². The molecule has 0 fully saturated rings. The molecule has 0 aliphatic heterocycles. The predicted octanol–water partition coefficient (Wildman–Crippen LogP) is 2.24. The Kier molecular flexibility index (Phi) is 1.31. The summed E-state index contributed by atoms with van der Waals surface area (Å²) in [5, 5.41) is 1.12. The van der Waals surface area contributed by atoms with Gasteiger partial charge in [-0.1, -0.05) is 0 Å². The van der Waals surface area contributed by atoms with E-state index in [2.05, 4.69) is 15.0 Å². The number of fused-ring (bicyclic) bond motifs is 3. The van der Waals surface area contributed by atoms with Gasteiger partial charge in [-0.2, -0.15) is 0 Å². The van der Waals surface area contributed by atoms with E-state index in [0.717, 1.165) is 20.4 Å². The minimum atomic E-state index is 1.00. The van der Waals surface area contributed by atoms with Crippen LogP contribution in [-0.2, 0) is 0 Å². The summed E-state index contributed by atoms with van der Waals surface area (Å²) in [7, 11) is 0. The molecule has 0 bridgehead atoms. The molecule has 0 atom stereocenters. The molecule has 0 amide bonds. The van der Waals surface area contributed by atoms with Crippen LogP contribution in [0, 0.1) is 0 Å². The fraction of sp³-hybridized carbons (Fsp3) is 0. The summed E-state index contributed by atoms with van der Waals surface area (Å²) in [5.74, 6) is 0. The Morgan fingerprint density at radius 1 is 1.23 bits per heavy atom. The van der Waals surface area contributed by atoms with E-state index >= 15 is 0 Å². The second kappa shape index (κ2) is 2.47. The van der Waals surface area contributed by atoms with Gasteiger partial charge in [-0.3, -0.25) is 0 Å². The molecule has 62 valence electrons. The van der Waals surface area contributed by atoms with Crippen LogP contribution in [-0.4, -0.2) is 15.0 Å². The topological polar surface area (TPSA) is 38.7 Å². The molecule has 3 aromatic rings. The first-order valence-corrected chi connectivity index (χ1v) is 4.70. The molecule has 0 aromatic carbocycles. The average Bonchev–Trinajstić information content (AvgIpc) is 2.56. The second-order valence-electron chi connectivity index (χ2n) is 2.69. The molecule has 3 heterocycles. The lowest BCUT2D eigenvalue weighted by atomic mass is 10.3. The third-order valence-corrected chi connectivity index (χ3v) is 2.95. The molecule has 13 heavy (non-hydrogen) atoms. The van der Waals surface area contributed by atoms with Crippen molar-refractivity contribution < 1.29 is 0 Å². The highest BCUT2D eigenvalue weighted by Crippen LogP contribution is 2.29. The summed E-state index contributed by atoms with van der Waals surface area (Å²) >= 11 is 1.63. The fourth-order valence-corrected chi connectivity index (χ4v) is 2.32. The Hall–Kier alpha value is -1.55. The number of aromatic nitrogens is 3. The minimum absolute atomic E-state index is 1.00. The minimum Gasteiger partial charge on any atom is -0.245 e. The van der Waals surface area contributed by atoms with Crippen LogP contribution in [0.2, 0.25) is 0 Å². The molecule has 3 rings (SSSR count). The van der Waals surface area contributed by atoms with Gasteiger partial charge in [-0.05, 0) is 12.1 Å². The van der Waals surface area contributed by atoms with E-state index in [1.165, 1.54) is 0 Å². The standard InChI is InChI=1S/C9H5N3S/c1-2-6-8-7(4-10-5-12-8)13-9(6)11-3-1/h1-5H. The van der Waals surface area contributed by atoms with Gasteiger partial charge in [0.15, 0.2) is 0 Å². The van der Waals surface area contributed by atoms with Gasteiger partial charge in [-0.15, -0.1) is 11.3 Å². The molecule has 0 aliphatic carbocycles. The molecular weight excluding hydrogens is 182 g/mol. The van der Waals surface area contributed by atoms with Crippen molar-refractivity contribution >= 4 is 31.8 Å². The van der Waals surface area contributed by atoms with Crippen molar-refractivity contribution in [2.24, 2.45) is 0 Å². The Labute approximate surface area is 78.1 Å². The van der Waals surface area contributed by atoms with Gasteiger partial charge in [-0.25, -0.2) is 15.0 Å². The van der Waals surface area contributed by atoms with E-state index < -0.39 is 0 Å². The van der Waals surface area contributed by atoms with Crippen LogP contribution in [0.3, 0.4) is 0 Å². The first-order valence-electron chi connectivity index (χ1n) is 3.88. The van der Waals surface area contributed by atoms with Crippen LogP contribution in [0.25, 0.3) is 20.4 Å². The first kappa shape index (κ1) is 6.91. The van der Waals surface area contributed by atoms with Gasteiger partial charge in [0.25, 0.3) is 0 Å². The van der Waals surface area contributed by atoms with E-state index in [-0.39, 0.29) is 0 Å². The number of pyridine rings is 1. The third kappa shape index (κ3) is 0.922. The molecule has 3 aromatic heterocycles. The molecule has 0 spiro atoms. The van der Waals surface area contributed by atoms with Crippen molar-refractivity contribution in [3.05, 3.63) is 30.9 Å². The molecule has 0 radical (unpaired) electrons. The summed E-state index contributed by atoms with van der Waals surface area (Å²) in [6.07, 6.45) is 5.20. The van der Waals surface area contributed by atoms with Gasteiger partial charge in [0.05, 0.1) is 10.2 Å². The van der Waals surface area contributed by atoms with E-state index in [4.69, 9.17) is 0 Å². The number of hydrogen-bond acceptors (Lipinski definition) is 4. The van der Waals surface area contributed by atoms with E-state index in [1.54, 1.807) is 23.9 Å². The highest BCUT2D eigenvalue weighted by molar-refractivity contribution is 7.25. The van der Waals surface area contributed by atoms with Crippen LogP contribution in [0.4, 0.5) is 0 Å². The number of hydrogen-bond donors (Lipinski definition) is 0. The zero-order valence-corrected chi connectivity index (χ0v) is 7.45. The van der Waals surface area contributed by atoms with Crippen molar-refractivity contribution in [3.8, 4) is 0 Å². The molecule has 0 unspecified atom stereocenters. The maximum Gasteiger partial charge on any atom is 0.126 e. The van der Waals surface area contributed by atoms with Crippen LogP contribution in [0.1, 0.15) is 0 Å². The molecule has 0 saturated carbocycles. The van der Waals surface area contributed by atoms with Crippen molar-refractivity contribution in [2.45, 2.75) is 0 Å². The summed E-state index contributed by atoms with van der Waals surface area (Å²) < 4.78 is 1.09. The predicted molar refractivity (Wildman–Crippen MR) is 52.7 cm³/mol. The van der Waals surface area contributed by atoms with Crippen molar-refractivity contribution in [1.29, 1.82) is 0 Å². The maximum atomic E-state index is 4.27.